The number of para-hydroxylation sites is 2. The first-order valence-corrected chi connectivity index (χ1v) is 10.1. The number of ether oxygens (including phenoxy) is 1. The molecule has 3 amide bonds. The van der Waals surface area contributed by atoms with Crippen molar-refractivity contribution in [3.8, 4) is 0 Å². The lowest BCUT2D eigenvalue weighted by atomic mass is 9.95. The molecule has 1 atom stereocenters. The zero-order valence-corrected chi connectivity index (χ0v) is 17.3. The average molecular weight is 421 g/mol. The third-order valence-corrected chi connectivity index (χ3v) is 5.53. The molecule has 2 aliphatic heterocycles. The van der Waals surface area contributed by atoms with E-state index < -0.39 is 24.1 Å². The second-order valence-corrected chi connectivity index (χ2v) is 7.82. The maximum Gasteiger partial charge on any atom is 0.354 e. The second kappa shape index (κ2) is 7.86. The molecule has 0 saturated carbocycles. The first-order valence-electron chi connectivity index (χ1n) is 10.1. The Morgan fingerprint density at radius 3 is 2.45 bits per heavy atom. The highest BCUT2D eigenvalue weighted by molar-refractivity contribution is 6.15. The van der Waals surface area contributed by atoms with Crippen molar-refractivity contribution in [2.24, 2.45) is 0 Å². The first-order chi connectivity index (χ1) is 14.9. The maximum absolute atomic E-state index is 13.4. The lowest BCUT2D eigenvalue weighted by Crippen LogP contribution is -2.70. The van der Waals surface area contributed by atoms with Gasteiger partial charge in [0, 0.05) is 24.6 Å². The van der Waals surface area contributed by atoms with Crippen LogP contribution in [0, 0.1) is 0 Å². The van der Waals surface area contributed by atoms with Crippen LogP contribution in [-0.4, -0.2) is 46.9 Å². The van der Waals surface area contributed by atoms with Gasteiger partial charge in [-0.2, -0.15) is 0 Å². The number of anilines is 2. The summed E-state index contributed by atoms with van der Waals surface area (Å²) in [4.78, 5) is 54.6. The van der Waals surface area contributed by atoms with Gasteiger partial charge in [0.05, 0.1) is 11.3 Å². The highest BCUT2D eigenvalue weighted by atomic mass is 16.5. The minimum atomic E-state index is -1.61. The highest BCUT2D eigenvalue weighted by Gasteiger charge is 2.62. The third kappa shape index (κ3) is 3.34. The van der Waals surface area contributed by atoms with E-state index in [0.29, 0.717) is 16.9 Å². The largest absolute Gasteiger partial charge is 0.452 e. The predicted octanol–water partition coefficient (Wildman–Crippen LogP) is 2.56. The molecule has 0 bridgehead atoms. The van der Waals surface area contributed by atoms with E-state index in [2.05, 4.69) is 5.32 Å². The molecule has 2 aromatic carbocycles. The number of rotatable bonds is 5. The Morgan fingerprint density at radius 2 is 1.74 bits per heavy atom. The van der Waals surface area contributed by atoms with Crippen molar-refractivity contribution in [2.45, 2.75) is 38.4 Å². The van der Waals surface area contributed by atoms with Gasteiger partial charge in [-0.3, -0.25) is 19.3 Å². The zero-order chi connectivity index (χ0) is 22.2. The Hall–Kier alpha value is -3.68. The number of hydrogen-bond donors (Lipinski definition) is 1. The average Bonchev–Trinajstić information content (AvgIpc) is 3.11. The van der Waals surface area contributed by atoms with Crippen molar-refractivity contribution in [1.82, 2.24) is 4.90 Å². The number of carbonyl (C=O) groups excluding carboxylic acids is 4. The Labute approximate surface area is 179 Å². The summed E-state index contributed by atoms with van der Waals surface area (Å²) >= 11 is 0. The molecule has 4 rings (SSSR count). The fraction of sp³-hybridized carbons (Fsp3) is 0.304. The number of nitrogens with one attached hydrogen (secondary N) is 1. The molecule has 0 unspecified atom stereocenters. The predicted molar refractivity (Wildman–Crippen MR) is 113 cm³/mol. The molecule has 0 aliphatic carbocycles. The number of carbonyl (C=O) groups is 4. The van der Waals surface area contributed by atoms with Gasteiger partial charge in [0.2, 0.25) is 11.6 Å². The second-order valence-electron chi connectivity index (χ2n) is 7.82. The Kier molecular flexibility index (Phi) is 5.22. The number of benzene rings is 2. The van der Waals surface area contributed by atoms with Crippen LogP contribution in [0.4, 0.5) is 11.4 Å². The van der Waals surface area contributed by atoms with E-state index in [1.165, 1.54) is 9.80 Å². The summed E-state index contributed by atoms with van der Waals surface area (Å²) in [6, 6.07) is 15.1. The normalized spacial score (nSPS) is 19.8. The van der Waals surface area contributed by atoms with Crippen LogP contribution < -0.4 is 10.2 Å². The molecule has 1 saturated heterocycles. The SMILES string of the molecule is CC(C)N1C(=O)c2ccccc2N2C(=O)CC[C@@]21C(=O)OCC(=O)Nc1ccccc1. The number of esters is 1. The van der Waals surface area contributed by atoms with Crippen LogP contribution in [0.25, 0.3) is 0 Å². The monoisotopic (exact) mass is 421 g/mol. The lowest BCUT2D eigenvalue weighted by molar-refractivity contribution is -0.160. The van der Waals surface area contributed by atoms with Crippen LogP contribution in [0.1, 0.15) is 37.0 Å². The smallest absolute Gasteiger partial charge is 0.354 e. The highest BCUT2D eigenvalue weighted by Crippen LogP contribution is 2.45. The van der Waals surface area contributed by atoms with Crippen molar-refractivity contribution in [2.75, 3.05) is 16.8 Å². The molecule has 160 valence electrons. The van der Waals surface area contributed by atoms with Gasteiger partial charge in [0.25, 0.3) is 11.8 Å². The van der Waals surface area contributed by atoms with Crippen LogP contribution in [0.2, 0.25) is 0 Å². The molecular weight excluding hydrogens is 398 g/mol. The van der Waals surface area contributed by atoms with E-state index in [4.69, 9.17) is 4.74 Å². The third-order valence-electron chi connectivity index (χ3n) is 5.53. The number of nitrogens with zero attached hydrogens (tertiary/aromatic N) is 2. The Morgan fingerprint density at radius 1 is 1.06 bits per heavy atom. The van der Waals surface area contributed by atoms with Gasteiger partial charge in [-0.1, -0.05) is 30.3 Å². The van der Waals surface area contributed by atoms with Crippen LogP contribution in [0.3, 0.4) is 0 Å². The molecule has 0 aromatic heterocycles. The minimum absolute atomic E-state index is 0.0934. The molecule has 8 heteroatoms. The standard InChI is InChI=1S/C23H23N3O5/c1-15(2)25-21(29)17-10-6-7-11-18(17)26-20(28)12-13-23(25,26)22(30)31-14-19(27)24-16-8-4-3-5-9-16/h3-11,15H,12-14H2,1-2H3,(H,24,27)/t23-/m0/s1. The summed E-state index contributed by atoms with van der Waals surface area (Å²) in [5.74, 6) is -1.91. The lowest BCUT2D eigenvalue weighted by Gasteiger charge is -2.50. The van der Waals surface area contributed by atoms with Crippen molar-refractivity contribution in [1.29, 1.82) is 0 Å². The molecule has 8 nitrogen and oxygen atoms in total. The van der Waals surface area contributed by atoms with Gasteiger partial charge in [0.1, 0.15) is 0 Å². The fourth-order valence-corrected chi connectivity index (χ4v) is 4.34. The molecule has 31 heavy (non-hydrogen) atoms. The van der Waals surface area contributed by atoms with Crippen LogP contribution in [0.15, 0.2) is 54.6 Å². The van der Waals surface area contributed by atoms with Crippen molar-refractivity contribution in [3.05, 3.63) is 60.2 Å². The van der Waals surface area contributed by atoms with Gasteiger partial charge in [0.15, 0.2) is 6.61 Å². The molecule has 1 fully saturated rings. The quantitative estimate of drug-likeness (QED) is 0.749. The molecule has 2 aromatic rings. The van der Waals surface area contributed by atoms with Crippen molar-refractivity contribution < 1.29 is 23.9 Å². The van der Waals surface area contributed by atoms with E-state index in [9.17, 15) is 19.2 Å². The van der Waals surface area contributed by atoms with Crippen molar-refractivity contribution >= 4 is 35.1 Å². The zero-order valence-electron chi connectivity index (χ0n) is 17.3. The first kappa shape index (κ1) is 20.6. The van der Waals surface area contributed by atoms with E-state index in [1.807, 2.05) is 6.07 Å². The molecule has 1 N–H and O–H groups in total. The van der Waals surface area contributed by atoms with Crippen molar-refractivity contribution in [3.63, 3.8) is 0 Å². The maximum atomic E-state index is 13.4. The molecule has 0 spiro atoms. The summed E-state index contributed by atoms with van der Waals surface area (Å²) in [5, 5.41) is 2.65. The van der Waals surface area contributed by atoms with Gasteiger partial charge in [-0.05, 0) is 38.1 Å². The molecule has 2 heterocycles. The molecule has 0 radical (unpaired) electrons. The van der Waals surface area contributed by atoms with E-state index in [-0.39, 0.29) is 30.7 Å². The van der Waals surface area contributed by atoms with Gasteiger partial charge in [-0.15, -0.1) is 0 Å². The van der Waals surface area contributed by atoms with Crippen LogP contribution >= 0.6 is 0 Å². The van der Waals surface area contributed by atoms with E-state index >= 15 is 0 Å². The Bertz CT molecular complexity index is 1050. The van der Waals surface area contributed by atoms with E-state index in [0.717, 1.165) is 0 Å². The number of amides is 3. The number of fused-ring (bicyclic) bond motifs is 3. The minimum Gasteiger partial charge on any atom is -0.452 e. The summed E-state index contributed by atoms with van der Waals surface area (Å²) in [6.07, 6.45) is 0.194. The van der Waals surface area contributed by atoms with Crippen LogP contribution in [0.5, 0.6) is 0 Å². The summed E-state index contributed by atoms with van der Waals surface area (Å²) < 4.78 is 5.37. The molecule has 2 aliphatic rings. The topological polar surface area (TPSA) is 96.0 Å². The molecular formula is C23H23N3O5. The summed E-state index contributed by atoms with van der Waals surface area (Å²) in [6.45, 7) is 3.03. The summed E-state index contributed by atoms with van der Waals surface area (Å²) in [7, 11) is 0. The van der Waals surface area contributed by atoms with E-state index in [1.54, 1.807) is 62.4 Å². The van der Waals surface area contributed by atoms with Gasteiger partial charge >= 0.3 is 5.97 Å². The van der Waals surface area contributed by atoms with Gasteiger partial charge < -0.3 is 15.0 Å². The summed E-state index contributed by atoms with van der Waals surface area (Å²) in [5.41, 5.74) is -0.289. The van der Waals surface area contributed by atoms with Crippen LogP contribution in [-0.2, 0) is 19.1 Å². The van der Waals surface area contributed by atoms with Gasteiger partial charge in [-0.25, -0.2) is 4.79 Å². The fourth-order valence-electron chi connectivity index (χ4n) is 4.34. The number of hydrogen-bond acceptors (Lipinski definition) is 5. The Balaban J connectivity index is 1.64.